The van der Waals surface area contributed by atoms with Crippen molar-refractivity contribution < 1.29 is 14.7 Å². The molecule has 2 amide bonds. The molecule has 0 saturated carbocycles. The molecule has 2 N–H and O–H groups in total. The van der Waals surface area contributed by atoms with Gasteiger partial charge in [-0.05, 0) is 30.5 Å². The first-order chi connectivity index (χ1) is 9.81. The van der Waals surface area contributed by atoms with E-state index in [0.717, 1.165) is 16.1 Å². The Labute approximate surface area is 129 Å². The molecule has 0 radical (unpaired) electrons. The zero-order chi connectivity index (χ0) is 16.0. The minimum Gasteiger partial charge on any atom is -0.481 e. The molecular formula is C15H21ClN2O3. The van der Waals surface area contributed by atoms with Crippen LogP contribution in [0.3, 0.4) is 0 Å². The minimum atomic E-state index is -0.911. The van der Waals surface area contributed by atoms with Crippen molar-refractivity contribution in [3.63, 3.8) is 0 Å². The number of aryl methyl sites for hydroxylation is 1. The molecule has 0 fully saturated rings. The Morgan fingerprint density at radius 2 is 2.10 bits per heavy atom. The topological polar surface area (TPSA) is 69.6 Å². The second-order valence-electron chi connectivity index (χ2n) is 5.19. The molecule has 1 aromatic carbocycles. The number of nitrogens with one attached hydrogen (secondary N) is 1. The van der Waals surface area contributed by atoms with Crippen LogP contribution in [-0.4, -0.2) is 42.1 Å². The second-order valence-corrected chi connectivity index (χ2v) is 5.59. The van der Waals surface area contributed by atoms with Gasteiger partial charge >= 0.3 is 12.0 Å². The molecule has 21 heavy (non-hydrogen) atoms. The van der Waals surface area contributed by atoms with Crippen LogP contribution < -0.4 is 5.32 Å². The number of carboxylic acids is 1. The molecule has 6 heteroatoms. The third-order valence-corrected chi connectivity index (χ3v) is 3.65. The Bertz CT molecular complexity index is 520. The fourth-order valence-electron chi connectivity index (χ4n) is 1.88. The van der Waals surface area contributed by atoms with Crippen LogP contribution in [0.25, 0.3) is 0 Å². The van der Waals surface area contributed by atoms with Gasteiger partial charge in [0.2, 0.25) is 0 Å². The van der Waals surface area contributed by atoms with E-state index in [2.05, 4.69) is 5.32 Å². The molecule has 1 atom stereocenters. The van der Waals surface area contributed by atoms with Crippen molar-refractivity contribution in [2.75, 3.05) is 20.1 Å². The number of carbonyl (C=O) groups is 2. The highest BCUT2D eigenvalue weighted by molar-refractivity contribution is 6.31. The molecular weight excluding hydrogens is 292 g/mol. The van der Waals surface area contributed by atoms with Gasteiger partial charge in [-0.2, -0.15) is 0 Å². The summed E-state index contributed by atoms with van der Waals surface area (Å²) in [6.07, 6.45) is 0.700. The lowest BCUT2D eigenvalue weighted by molar-refractivity contribution is -0.141. The number of halogens is 1. The van der Waals surface area contributed by atoms with Crippen LogP contribution in [0.2, 0.25) is 5.02 Å². The molecule has 0 bridgehead atoms. The van der Waals surface area contributed by atoms with E-state index < -0.39 is 11.9 Å². The molecule has 0 aliphatic rings. The highest BCUT2D eigenvalue weighted by Crippen LogP contribution is 2.16. The lowest BCUT2D eigenvalue weighted by Gasteiger charge is -2.20. The standard InChI is InChI=1S/C15H21ClN2O3/c1-10-8-12(4-5-13(10)16)6-7-17-15(21)18(3)9-11(2)14(19)20/h4-5,8,11H,6-7,9H2,1-3H3,(H,17,21)(H,19,20). The first-order valence-electron chi connectivity index (χ1n) is 6.78. The lowest BCUT2D eigenvalue weighted by Crippen LogP contribution is -2.41. The molecule has 116 valence electrons. The van der Waals surface area contributed by atoms with Crippen molar-refractivity contribution >= 4 is 23.6 Å². The summed E-state index contributed by atoms with van der Waals surface area (Å²) in [5, 5.41) is 12.3. The number of benzene rings is 1. The first kappa shape index (κ1) is 17.3. The summed E-state index contributed by atoms with van der Waals surface area (Å²) in [6.45, 7) is 4.18. The van der Waals surface area contributed by atoms with Crippen LogP contribution in [0.5, 0.6) is 0 Å². The van der Waals surface area contributed by atoms with Gasteiger partial charge in [-0.15, -0.1) is 0 Å². The Hall–Kier alpha value is -1.75. The predicted molar refractivity (Wildman–Crippen MR) is 82.7 cm³/mol. The van der Waals surface area contributed by atoms with E-state index in [1.54, 1.807) is 14.0 Å². The summed E-state index contributed by atoms with van der Waals surface area (Å²) in [5.74, 6) is -1.49. The fraction of sp³-hybridized carbons (Fsp3) is 0.467. The zero-order valence-electron chi connectivity index (χ0n) is 12.5. The van der Waals surface area contributed by atoms with Crippen molar-refractivity contribution in [1.29, 1.82) is 0 Å². The molecule has 5 nitrogen and oxygen atoms in total. The van der Waals surface area contributed by atoms with Gasteiger partial charge in [0.25, 0.3) is 0 Å². The van der Waals surface area contributed by atoms with Gasteiger partial charge in [0.05, 0.1) is 5.92 Å². The van der Waals surface area contributed by atoms with Crippen LogP contribution in [0.15, 0.2) is 18.2 Å². The first-order valence-corrected chi connectivity index (χ1v) is 7.16. The Kier molecular flexibility index (Phi) is 6.49. The van der Waals surface area contributed by atoms with Crippen molar-refractivity contribution in [3.8, 4) is 0 Å². The SMILES string of the molecule is Cc1cc(CCNC(=O)N(C)CC(C)C(=O)O)ccc1Cl. The predicted octanol–water partition coefficient (Wildman–Crippen LogP) is 2.55. The van der Waals surface area contributed by atoms with Gasteiger partial charge in [0.15, 0.2) is 0 Å². The number of carboxylic acid groups (broad SMARTS) is 1. The van der Waals surface area contributed by atoms with Gasteiger partial charge in [0, 0.05) is 25.2 Å². The number of urea groups is 1. The summed E-state index contributed by atoms with van der Waals surface area (Å²) in [6, 6.07) is 5.49. The normalized spacial score (nSPS) is 11.8. The zero-order valence-corrected chi connectivity index (χ0v) is 13.3. The number of amides is 2. The number of aliphatic carboxylic acids is 1. The van der Waals surface area contributed by atoms with E-state index >= 15 is 0 Å². The van der Waals surface area contributed by atoms with E-state index in [-0.39, 0.29) is 12.6 Å². The van der Waals surface area contributed by atoms with Gasteiger partial charge in [0.1, 0.15) is 0 Å². The van der Waals surface area contributed by atoms with Crippen LogP contribution in [0.4, 0.5) is 4.79 Å². The molecule has 1 aromatic rings. The highest BCUT2D eigenvalue weighted by Gasteiger charge is 2.16. The largest absolute Gasteiger partial charge is 0.481 e. The number of nitrogens with zero attached hydrogens (tertiary/aromatic N) is 1. The quantitative estimate of drug-likeness (QED) is 0.848. The summed E-state index contributed by atoms with van der Waals surface area (Å²) in [5.41, 5.74) is 2.10. The Balaban J connectivity index is 2.39. The maximum atomic E-state index is 11.8. The average Bonchev–Trinajstić information content (AvgIpc) is 2.42. The van der Waals surface area contributed by atoms with Crippen molar-refractivity contribution in [3.05, 3.63) is 34.3 Å². The molecule has 0 aromatic heterocycles. The summed E-state index contributed by atoms with van der Waals surface area (Å²) in [7, 11) is 1.58. The minimum absolute atomic E-state index is 0.182. The molecule has 0 spiro atoms. The maximum Gasteiger partial charge on any atom is 0.317 e. The van der Waals surface area contributed by atoms with Crippen molar-refractivity contribution in [2.24, 2.45) is 5.92 Å². The van der Waals surface area contributed by atoms with Gasteiger partial charge in [-0.25, -0.2) is 4.79 Å². The Morgan fingerprint density at radius 3 is 2.67 bits per heavy atom. The van der Waals surface area contributed by atoms with Gasteiger partial charge < -0.3 is 15.3 Å². The highest BCUT2D eigenvalue weighted by atomic mass is 35.5. The second kappa shape index (κ2) is 7.88. The summed E-state index contributed by atoms with van der Waals surface area (Å²) < 4.78 is 0. The van der Waals surface area contributed by atoms with Crippen LogP contribution in [-0.2, 0) is 11.2 Å². The smallest absolute Gasteiger partial charge is 0.317 e. The van der Waals surface area contributed by atoms with E-state index in [0.29, 0.717) is 13.0 Å². The number of carbonyl (C=O) groups excluding carboxylic acids is 1. The molecule has 0 heterocycles. The van der Waals surface area contributed by atoms with E-state index in [1.165, 1.54) is 4.90 Å². The lowest BCUT2D eigenvalue weighted by atomic mass is 10.1. The molecule has 1 unspecified atom stereocenters. The Morgan fingerprint density at radius 1 is 1.43 bits per heavy atom. The maximum absolute atomic E-state index is 11.8. The summed E-state index contributed by atoms with van der Waals surface area (Å²) >= 11 is 5.96. The molecule has 1 rings (SSSR count). The number of hydrogen-bond acceptors (Lipinski definition) is 2. The number of hydrogen-bond donors (Lipinski definition) is 2. The van der Waals surface area contributed by atoms with Crippen LogP contribution >= 0.6 is 11.6 Å². The van der Waals surface area contributed by atoms with E-state index in [9.17, 15) is 9.59 Å². The van der Waals surface area contributed by atoms with Gasteiger partial charge in [-0.3, -0.25) is 4.79 Å². The molecule has 0 aliphatic heterocycles. The van der Waals surface area contributed by atoms with Gasteiger partial charge in [-0.1, -0.05) is 30.7 Å². The van der Waals surface area contributed by atoms with Crippen molar-refractivity contribution in [1.82, 2.24) is 10.2 Å². The van der Waals surface area contributed by atoms with Crippen LogP contribution in [0.1, 0.15) is 18.1 Å². The number of rotatable bonds is 6. The monoisotopic (exact) mass is 312 g/mol. The van der Waals surface area contributed by atoms with E-state index in [4.69, 9.17) is 16.7 Å². The molecule has 0 aliphatic carbocycles. The average molecular weight is 313 g/mol. The summed E-state index contributed by atoms with van der Waals surface area (Å²) in [4.78, 5) is 23.9. The van der Waals surface area contributed by atoms with Crippen LogP contribution in [0, 0.1) is 12.8 Å². The fourth-order valence-corrected chi connectivity index (χ4v) is 2.00. The third kappa shape index (κ3) is 5.63. The van der Waals surface area contributed by atoms with E-state index in [1.807, 2.05) is 25.1 Å². The third-order valence-electron chi connectivity index (χ3n) is 3.23. The molecule has 0 saturated heterocycles. The van der Waals surface area contributed by atoms with Crippen molar-refractivity contribution in [2.45, 2.75) is 20.3 Å².